The molecule has 0 unspecified atom stereocenters. The molecule has 1 aliphatic heterocycles. The Labute approximate surface area is 174 Å². The lowest BCUT2D eigenvalue weighted by Crippen LogP contribution is -2.38. The van der Waals surface area contributed by atoms with Crippen LogP contribution in [0, 0.1) is 6.92 Å². The Bertz CT molecular complexity index is 1030. The van der Waals surface area contributed by atoms with Gasteiger partial charge in [0.1, 0.15) is 23.2 Å². The van der Waals surface area contributed by atoms with Crippen molar-refractivity contribution in [3.05, 3.63) is 47.7 Å². The maximum absolute atomic E-state index is 13.4. The zero-order valence-corrected chi connectivity index (χ0v) is 17.2. The summed E-state index contributed by atoms with van der Waals surface area (Å²) >= 11 is 0. The molecule has 1 amide bonds. The number of carbonyl (C=O) groups excluding carboxylic acids is 1. The molecule has 9 nitrogen and oxygen atoms in total. The second-order valence-corrected chi connectivity index (χ2v) is 7.06. The molecule has 0 radical (unpaired) electrons. The lowest BCUT2D eigenvalue weighted by molar-refractivity contribution is 0.0569. The minimum Gasteiger partial charge on any atom is -0.497 e. The topological polar surface area (TPSA) is 103 Å². The summed E-state index contributed by atoms with van der Waals surface area (Å²) in [6, 6.07) is 4.85. The van der Waals surface area contributed by atoms with Gasteiger partial charge in [0.15, 0.2) is 0 Å². The van der Waals surface area contributed by atoms with Gasteiger partial charge in [0.05, 0.1) is 31.7 Å². The Morgan fingerprint density at radius 1 is 1.13 bits per heavy atom. The molecule has 30 heavy (non-hydrogen) atoms. The first-order chi connectivity index (χ1) is 14.6. The van der Waals surface area contributed by atoms with Crippen LogP contribution in [0.15, 0.2) is 35.0 Å². The molecular formula is C21H23N5O4. The van der Waals surface area contributed by atoms with E-state index in [1.54, 1.807) is 42.6 Å². The van der Waals surface area contributed by atoms with Gasteiger partial charge in [0.2, 0.25) is 5.89 Å². The summed E-state index contributed by atoms with van der Waals surface area (Å²) < 4.78 is 16.5. The molecule has 9 heteroatoms. The second kappa shape index (κ2) is 8.48. The van der Waals surface area contributed by atoms with Crippen molar-refractivity contribution in [2.45, 2.75) is 32.2 Å². The van der Waals surface area contributed by atoms with Gasteiger partial charge < -0.3 is 18.8 Å². The van der Waals surface area contributed by atoms with Gasteiger partial charge in [-0.15, -0.1) is 10.2 Å². The van der Waals surface area contributed by atoms with Crippen LogP contribution in [-0.2, 0) is 0 Å². The van der Waals surface area contributed by atoms with Crippen LogP contribution in [0.4, 0.5) is 0 Å². The van der Waals surface area contributed by atoms with E-state index < -0.39 is 0 Å². The number of aryl methyl sites for hydroxylation is 1. The van der Waals surface area contributed by atoms with Crippen molar-refractivity contribution in [2.75, 3.05) is 20.8 Å². The molecular weight excluding hydrogens is 386 g/mol. The fourth-order valence-corrected chi connectivity index (χ4v) is 3.54. The fourth-order valence-electron chi connectivity index (χ4n) is 3.54. The van der Waals surface area contributed by atoms with E-state index in [1.165, 1.54) is 7.11 Å². The number of carbonyl (C=O) groups is 1. The summed E-state index contributed by atoms with van der Waals surface area (Å²) in [5.41, 5.74) is 1.77. The van der Waals surface area contributed by atoms with Crippen molar-refractivity contribution in [1.29, 1.82) is 0 Å². The van der Waals surface area contributed by atoms with E-state index in [0.29, 0.717) is 35.2 Å². The minimum atomic E-state index is -0.308. The molecule has 156 valence electrons. The number of methoxy groups -OCH3 is 2. The standard InChI is InChI=1S/C21H23N5O4/c1-13-11-23-16(12-22-13)19-24-25-20(30-19)17-6-4-5-9-26(17)21(27)15-8-7-14(28-2)10-18(15)29-3/h7-8,10-12,17H,4-6,9H2,1-3H3/t17-/m0/s1. The van der Waals surface area contributed by atoms with Gasteiger partial charge in [-0.1, -0.05) is 0 Å². The summed E-state index contributed by atoms with van der Waals surface area (Å²) in [5.74, 6) is 1.63. The molecule has 0 bridgehead atoms. The third-order valence-corrected chi connectivity index (χ3v) is 5.13. The number of aromatic nitrogens is 4. The zero-order valence-electron chi connectivity index (χ0n) is 17.2. The van der Waals surface area contributed by atoms with Crippen molar-refractivity contribution in [2.24, 2.45) is 0 Å². The predicted molar refractivity (Wildman–Crippen MR) is 107 cm³/mol. The van der Waals surface area contributed by atoms with E-state index in [4.69, 9.17) is 13.9 Å². The SMILES string of the molecule is COc1ccc(C(=O)N2CCCC[C@H]2c2nnc(-c3cnc(C)cn3)o2)c(OC)c1. The Morgan fingerprint density at radius 2 is 2.00 bits per heavy atom. The van der Waals surface area contributed by atoms with Gasteiger partial charge in [0.25, 0.3) is 11.8 Å². The molecule has 3 heterocycles. The molecule has 0 spiro atoms. The highest BCUT2D eigenvalue weighted by molar-refractivity contribution is 5.97. The smallest absolute Gasteiger partial charge is 0.267 e. The third-order valence-electron chi connectivity index (χ3n) is 5.13. The number of nitrogens with zero attached hydrogens (tertiary/aromatic N) is 5. The van der Waals surface area contributed by atoms with Crippen LogP contribution in [0.25, 0.3) is 11.6 Å². The summed E-state index contributed by atoms with van der Waals surface area (Å²) in [6.07, 6.45) is 5.86. The summed E-state index contributed by atoms with van der Waals surface area (Å²) in [7, 11) is 3.11. The minimum absolute atomic E-state index is 0.144. The molecule has 1 saturated heterocycles. The number of benzene rings is 1. The number of rotatable bonds is 5. The zero-order chi connectivity index (χ0) is 21.1. The van der Waals surface area contributed by atoms with Crippen molar-refractivity contribution in [3.63, 3.8) is 0 Å². The van der Waals surface area contributed by atoms with Crippen LogP contribution in [0.2, 0.25) is 0 Å². The Balaban J connectivity index is 1.62. The number of ether oxygens (including phenoxy) is 2. The second-order valence-electron chi connectivity index (χ2n) is 7.06. The van der Waals surface area contributed by atoms with E-state index in [9.17, 15) is 4.79 Å². The van der Waals surface area contributed by atoms with E-state index in [2.05, 4.69) is 20.2 Å². The Morgan fingerprint density at radius 3 is 2.73 bits per heavy atom. The Hall–Kier alpha value is -3.49. The monoisotopic (exact) mass is 409 g/mol. The molecule has 1 aliphatic rings. The summed E-state index contributed by atoms with van der Waals surface area (Å²) in [5, 5.41) is 8.32. The average molecular weight is 409 g/mol. The van der Waals surface area contributed by atoms with Crippen LogP contribution in [0.1, 0.15) is 47.2 Å². The molecule has 1 fully saturated rings. The van der Waals surface area contributed by atoms with E-state index >= 15 is 0 Å². The number of likely N-dealkylation sites (tertiary alicyclic amines) is 1. The predicted octanol–water partition coefficient (Wildman–Crippen LogP) is 3.22. The number of hydrogen-bond acceptors (Lipinski definition) is 8. The molecule has 1 aromatic carbocycles. The lowest BCUT2D eigenvalue weighted by atomic mass is 10.0. The van der Waals surface area contributed by atoms with Gasteiger partial charge >= 0.3 is 0 Å². The molecule has 0 saturated carbocycles. The van der Waals surface area contributed by atoms with E-state index in [0.717, 1.165) is 25.0 Å². The largest absolute Gasteiger partial charge is 0.497 e. The molecule has 0 N–H and O–H groups in total. The normalized spacial score (nSPS) is 16.4. The lowest BCUT2D eigenvalue weighted by Gasteiger charge is -2.33. The van der Waals surface area contributed by atoms with E-state index in [1.807, 2.05) is 6.92 Å². The van der Waals surface area contributed by atoms with Crippen molar-refractivity contribution >= 4 is 5.91 Å². The van der Waals surface area contributed by atoms with Gasteiger partial charge in [-0.2, -0.15) is 0 Å². The number of amides is 1. The maximum Gasteiger partial charge on any atom is 0.267 e. The molecule has 3 aromatic rings. The van der Waals surface area contributed by atoms with Crippen LogP contribution < -0.4 is 9.47 Å². The van der Waals surface area contributed by atoms with Crippen LogP contribution in [0.3, 0.4) is 0 Å². The highest BCUT2D eigenvalue weighted by atomic mass is 16.5. The van der Waals surface area contributed by atoms with Crippen LogP contribution in [-0.4, -0.2) is 51.7 Å². The third kappa shape index (κ3) is 3.83. The van der Waals surface area contributed by atoms with Crippen molar-refractivity contribution < 1.29 is 18.7 Å². The molecule has 1 atom stereocenters. The summed E-state index contributed by atoms with van der Waals surface area (Å²) in [6.45, 7) is 2.45. The Kier molecular flexibility index (Phi) is 5.60. The fraction of sp³-hybridized carbons (Fsp3) is 0.381. The van der Waals surface area contributed by atoms with Crippen molar-refractivity contribution in [1.82, 2.24) is 25.1 Å². The van der Waals surface area contributed by atoms with E-state index in [-0.39, 0.29) is 17.8 Å². The van der Waals surface area contributed by atoms with Crippen LogP contribution >= 0.6 is 0 Å². The van der Waals surface area contributed by atoms with Gasteiger partial charge in [-0.05, 0) is 38.3 Å². The molecule has 0 aliphatic carbocycles. The highest BCUT2D eigenvalue weighted by Gasteiger charge is 2.34. The quantitative estimate of drug-likeness (QED) is 0.633. The first-order valence-corrected chi connectivity index (χ1v) is 9.76. The summed E-state index contributed by atoms with van der Waals surface area (Å²) in [4.78, 5) is 23.6. The van der Waals surface area contributed by atoms with Gasteiger partial charge in [-0.3, -0.25) is 9.78 Å². The maximum atomic E-state index is 13.4. The first-order valence-electron chi connectivity index (χ1n) is 9.76. The average Bonchev–Trinajstić information content (AvgIpc) is 3.28. The van der Waals surface area contributed by atoms with Gasteiger partial charge in [0, 0.05) is 18.8 Å². The number of piperidine rings is 1. The van der Waals surface area contributed by atoms with Crippen LogP contribution in [0.5, 0.6) is 11.5 Å². The first kappa shape index (κ1) is 19.8. The number of hydrogen-bond donors (Lipinski definition) is 0. The highest BCUT2D eigenvalue weighted by Crippen LogP contribution is 2.34. The van der Waals surface area contributed by atoms with Gasteiger partial charge in [-0.25, -0.2) is 4.98 Å². The molecule has 2 aromatic heterocycles. The van der Waals surface area contributed by atoms with Crippen molar-refractivity contribution in [3.8, 4) is 23.1 Å². The molecule has 4 rings (SSSR count).